The number of anilines is 1. The van der Waals surface area contributed by atoms with E-state index in [2.05, 4.69) is 30.7 Å². The molecule has 0 spiro atoms. The van der Waals surface area contributed by atoms with Crippen molar-refractivity contribution in [1.29, 1.82) is 0 Å². The predicted molar refractivity (Wildman–Crippen MR) is 86.7 cm³/mol. The van der Waals surface area contributed by atoms with E-state index >= 15 is 0 Å². The van der Waals surface area contributed by atoms with E-state index in [0.717, 1.165) is 50.9 Å². The fraction of sp³-hybridized carbons (Fsp3) is 0.688. The molecule has 5 nitrogen and oxygen atoms in total. The van der Waals surface area contributed by atoms with Crippen LogP contribution in [0, 0.1) is 10.1 Å². The van der Waals surface area contributed by atoms with Crippen LogP contribution in [0.4, 0.5) is 11.5 Å². The van der Waals surface area contributed by atoms with Crippen LogP contribution in [-0.2, 0) is 0 Å². The Morgan fingerprint density at radius 2 is 1.86 bits per heavy atom. The van der Waals surface area contributed by atoms with E-state index in [1.165, 1.54) is 6.20 Å². The summed E-state index contributed by atoms with van der Waals surface area (Å²) in [6, 6.07) is 3.81. The molecule has 1 aromatic rings. The van der Waals surface area contributed by atoms with Crippen molar-refractivity contribution in [3.63, 3.8) is 0 Å². The molecule has 0 aliphatic carbocycles. The Bertz CT molecular complexity index is 414. The van der Waals surface area contributed by atoms with Gasteiger partial charge in [-0.25, -0.2) is 4.98 Å². The molecule has 1 aromatic heterocycles. The number of aromatic nitrogens is 1. The summed E-state index contributed by atoms with van der Waals surface area (Å²) in [4.78, 5) is 17.0. The summed E-state index contributed by atoms with van der Waals surface area (Å²) in [6.07, 6.45) is 8.16. The van der Waals surface area contributed by atoms with Gasteiger partial charge in [-0.1, -0.05) is 40.0 Å². The van der Waals surface area contributed by atoms with E-state index in [9.17, 15) is 10.1 Å². The monoisotopic (exact) mass is 293 g/mol. The molecular formula is C16H27N3O2. The largest absolute Gasteiger partial charge is 0.354 e. The van der Waals surface area contributed by atoms with Gasteiger partial charge in [0.15, 0.2) is 0 Å². The SMILES string of the molecule is CCCCN(c1ccc([N+](=O)[O-])cn1)C(CCC)CCC. The second-order valence-electron chi connectivity index (χ2n) is 5.41. The first-order valence-electron chi connectivity index (χ1n) is 8.01. The van der Waals surface area contributed by atoms with Crippen LogP contribution in [-0.4, -0.2) is 22.5 Å². The minimum Gasteiger partial charge on any atom is -0.354 e. The molecule has 0 N–H and O–H groups in total. The van der Waals surface area contributed by atoms with Crippen LogP contribution in [0.3, 0.4) is 0 Å². The molecule has 0 radical (unpaired) electrons. The normalized spacial score (nSPS) is 10.9. The lowest BCUT2D eigenvalue weighted by Crippen LogP contribution is -2.36. The number of rotatable bonds is 10. The van der Waals surface area contributed by atoms with Crippen molar-refractivity contribution < 1.29 is 4.92 Å². The van der Waals surface area contributed by atoms with Crippen LogP contribution >= 0.6 is 0 Å². The maximum absolute atomic E-state index is 10.7. The molecule has 0 aromatic carbocycles. The van der Waals surface area contributed by atoms with Gasteiger partial charge in [0.1, 0.15) is 12.0 Å². The minimum atomic E-state index is -0.400. The number of pyridine rings is 1. The topological polar surface area (TPSA) is 59.3 Å². The summed E-state index contributed by atoms with van der Waals surface area (Å²) in [5.74, 6) is 0.862. The summed E-state index contributed by atoms with van der Waals surface area (Å²) >= 11 is 0. The Labute approximate surface area is 127 Å². The summed E-state index contributed by atoms with van der Waals surface area (Å²) < 4.78 is 0. The van der Waals surface area contributed by atoms with Gasteiger partial charge < -0.3 is 4.90 Å². The predicted octanol–water partition coefficient (Wildman–Crippen LogP) is 4.57. The summed E-state index contributed by atoms with van der Waals surface area (Å²) in [5, 5.41) is 10.7. The molecule has 1 heterocycles. The maximum atomic E-state index is 10.7. The van der Waals surface area contributed by atoms with Crippen LogP contribution in [0.15, 0.2) is 18.3 Å². The highest BCUT2D eigenvalue weighted by atomic mass is 16.6. The molecule has 21 heavy (non-hydrogen) atoms. The highest BCUT2D eigenvalue weighted by molar-refractivity contribution is 5.43. The first-order chi connectivity index (χ1) is 10.1. The molecule has 0 fully saturated rings. The number of hydrogen-bond acceptors (Lipinski definition) is 4. The summed E-state index contributed by atoms with van der Waals surface area (Å²) in [7, 11) is 0. The van der Waals surface area contributed by atoms with Crippen LogP contribution in [0.2, 0.25) is 0 Å². The summed E-state index contributed by atoms with van der Waals surface area (Å²) in [6.45, 7) is 7.54. The van der Waals surface area contributed by atoms with Crippen molar-refractivity contribution in [3.8, 4) is 0 Å². The zero-order valence-electron chi connectivity index (χ0n) is 13.4. The third kappa shape index (κ3) is 5.33. The number of nitrogens with zero attached hydrogens (tertiary/aromatic N) is 3. The molecular weight excluding hydrogens is 266 g/mol. The second kappa shape index (κ2) is 9.32. The van der Waals surface area contributed by atoms with Crippen LogP contribution in [0.1, 0.15) is 59.3 Å². The van der Waals surface area contributed by atoms with E-state index in [4.69, 9.17) is 0 Å². The van der Waals surface area contributed by atoms with E-state index in [1.54, 1.807) is 12.1 Å². The van der Waals surface area contributed by atoms with Crippen LogP contribution < -0.4 is 4.90 Å². The number of unbranched alkanes of at least 4 members (excludes halogenated alkanes) is 1. The average molecular weight is 293 g/mol. The Morgan fingerprint density at radius 1 is 1.19 bits per heavy atom. The standard InChI is InChI=1S/C16H27N3O2/c1-4-7-12-18(14(8-5-2)9-6-3)16-11-10-15(13-17-16)19(20)21/h10-11,13-14H,4-9,12H2,1-3H3. The zero-order valence-corrected chi connectivity index (χ0v) is 13.4. The van der Waals surface area contributed by atoms with Gasteiger partial charge in [0, 0.05) is 18.7 Å². The molecule has 0 aliphatic rings. The van der Waals surface area contributed by atoms with Gasteiger partial charge >= 0.3 is 0 Å². The molecule has 0 saturated heterocycles. The fourth-order valence-corrected chi connectivity index (χ4v) is 2.59. The van der Waals surface area contributed by atoms with Gasteiger partial charge in [0.25, 0.3) is 5.69 Å². The Hall–Kier alpha value is -1.65. The molecule has 0 unspecified atom stereocenters. The summed E-state index contributed by atoms with van der Waals surface area (Å²) in [5.41, 5.74) is 0.0525. The van der Waals surface area contributed by atoms with Crippen molar-refractivity contribution in [3.05, 3.63) is 28.4 Å². The first-order valence-corrected chi connectivity index (χ1v) is 8.01. The van der Waals surface area contributed by atoms with Crippen LogP contribution in [0.5, 0.6) is 0 Å². The third-order valence-electron chi connectivity index (χ3n) is 3.67. The quantitative estimate of drug-likeness (QED) is 0.468. The lowest BCUT2D eigenvalue weighted by Gasteiger charge is -2.32. The lowest BCUT2D eigenvalue weighted by molar-refractivity contribution is -0.385. The Morgan fingerprint density at radius 3 is 2.29 bits per heavy atom. The number of hydrogen-bond donors (Lipinski definition) is 0. The van der Waals surface area contributed by atoms with Gasteiger partial charge in [-0.15, -0.1) is 0 Å². The molecule has 118 valence electrons. The van der Waals surface area contributed by atoms with E-state index in [1.807, 2.05) is 0 Å². The van der Waals surface area contributed by atoms with Crippen LogP contribution in [0.25, 0.3) is 0 Å². The third-order valence-corrected chi connectivity index (χ3v) is 3.67. The van der Waals surface area contributed by atoms with Gasteiger partial charge in [0.05, 0.1) is 4.92 Å². The molecule has 0 bridgehead atoms. The van der Waals surface area contributed by atoms with Crippen molar-refractivity contribution >= 4 is 11.5 Å². The first kappa shape index (κ1) is 17.4. The number of nitro groups is 1. The van der Waals surface area contributed by atoms with Crippen molar-refractivity contribution in [1.82, 2.24) is 4.98 Å². The smallest absolute Gasteiger partial charge is 0.287 e. The highest BCUT2D eigenvalue weighted by Gasteiger charge is 2.19. The minimum absolute atomic E-state index is 0.0525. The zero-order chi connectivity index (χ0) is 15.7. The maximum Gasteiger partial charge on any atom is 0.287 e. The Balaban J connectivity index is 2.95. The molecule has 5 heteroatoms. The van der Waals surface area contributed by atoms with Crippen molar-refractivity contribution in [2.24, 2.45) is 0 Å². The fourth-order valence-electron chi connectivity index (χ4n) is 2.59. The highest BCUT2D eigenvalue weighted by Crippen LogP contribution is 2.23. The second-order valence-corrected chi connectivity index (χ2v) is 5.41. The van der Waals surface area contributed by atoms with Gasteiger partial charge in [-0.2, -0.15) is 0 Å². The van der Waals surface area contributed by atoms with E-state index < -0.39 is 4.92 Å². The van der Waals surface area contributed by atoms with Gasteiger partial charge in [-0.05, 0) is 25.3 Å². The lowest BCUT2D eigenvalue weighted by atomic mass is 10.0. The Kier molecular flexibility index (Phi) is 7.72. The molecule has 0 aliphatic heterocycles. The van der Waals surface area contributed by atoms with Gasteiger partial charge in [-0.3, -0.25) is 10.1 Å². The van der Waals surface area contributed by atoms with Crippen molar-refractivity contribution in [2.45, 2.75) is 65.3 Å². The van der Waals surface area contributed by atoms with E-state index in [0.29, 0.717) is 6.04 Å². The average Bonchev–Trinajstić information content (AvgIpc) is 2.48. The molecule has 0 atom stereocenters. The molecule has 0 saturated carbocycles. The molecule has 1 rings (SSSR count). The molecule has 0 amide bonds. The van der Waals surface area contributed by atoms with Crippen molar-refractivity contribution in [2.75, 3.05) is 11.4 Å². The van der Waals surface area contributed by atoms with E-state index in [-0.39, 0.29) is 5.69 Å². The van der Waals surface area contributed by atoms with Gasteiger partial charge in [0.2, 0.25) is 0 Å².